The lowest BCUT2D eigenvalue weighted by Crippen LogP contribution is -2.32. The summed E-state index contributed by atoms with van der Waals surface area (Å²) in [5.74, 6) is 2.20. The first kappa shape index (κ1) is 14.1. The van der Waals surface area contributed by atoms with E-state index in [1.807, 2.05) is 0 Å². The van der Waals surface area contributed by atoms with Gasteiger partial charge in [-0.25, -0.2) is 4.79 Å². The molecule has 1 aromatic rings. The van der Waals surface area contributed by atoms with Crippen molar-refractivity contribution in [1.82, 2.24) is 0 Å². The second kappa shape index (κ2) is 5.51. The molecule has 0 aliphatic heterocycles. The van der Waals surface area contributed by atoms with Crippen LogP contribution in [-0.2, 0) is 0 Å². The normalized spacial score (nSPS) is 31.7. The number of nitrogen functional groups attached to an aromatic ring is 1. The average Bonchev–Trinajstić information content (AvgIpc) is 2.46. The van der Waals surface area contributed by atoms with E-state index in [1.54, 1.807) is 6.07 Å². The molecule has 1 saturated carbocycles. The zero-order chi connectivity index (χ0) is 15.0. The Bertz CT molecular complexity index is 631. The van der Waals surface area contributed by atoms with Crippen LogP contribution in [0.3, 0.4) is 0 Å². The molecule has 0 bridgehead atoms. The summed E-state index contributed by atoms with van der Waals surface area (Å²) < 4.78 is 5.44. The number of nitrogens with two attached hydrogens (primary N) is 1. The molecule has 112 valence electrons. The zero-order valence-electron chi connectivity index (χ0n) is 12.2. The topological polar surface area (TPSA) is 73.3 Å². The van der Waals surface area contributed by atoms with Gasteiger partial charge in [0.25, 0.3) is 0 Å². The summed E-state index contributed by atoms with van der Waals surface area (Å²) in [6.45, 7) is 2.15. The molecule has 1 fully saturated rings. The van der Waals surface area contributed by atoms with Gasteiger partial charge in [0.1, 0.15) is 11.3 Å². The standard InChI is InChI=1S/C17H21NO3/c1-10-6-7-11-4-2-3-5-12(11)16(10)15-8-14(18)13(9-19)17(20)21-15/h6-12,16H,2-5,18H2,1H3/t10-,11-,12-,16+/m0/s1. The summed E-state index contributed by atoms with van der Waals surface area (Å²) in [6, 6.07) is 1.68. The summed E-state index contributed by atoms with van der Waals surface area (Å²) in [4.78, 5) is 22.8. The first-order chi connectivity index (χ1) is 10.1. The molecule has 0 saturated heterocycles. The summed E-state index contributed by atoms with van der Waals surface area (Å²) in [5.41, 5.74) is 5.38. The molecule has 4 atom stereocenters. The maximum absolute atomic E-state index is 11.9. The van der Waals surface area contributed by atoms with E-state index >= 15 is 0 Å². The van der Waals surface area contributed by atoms with Gasteiger partial charge in [-0.05, 0) is 30.6 Å². The van der Waals surface area contributed by atoms with Crippen molar-refractivity contribution < 1.29 is 9.21 Å². The van der Waals surface area contributed by atoms with Crippen LogP contribution in [-0.4, -0.2) is 6.29 Å². The molecule has 0 spiro atoms. The maximum Gasteiger partial charge on any atom is 0.348 e. The minimum atomic E-state index is -0.617. The molecule has 4 nitrogen and oxygen atoms in total. The first-order valence-corrected chi connectivity index (χ1v) is 7.69. The lowest BCUT2D eigenvalue weighted by Gasteiger charge is -2.40. The third-order valence-electron chi connectivity index (χ3n) is 5.05. The number of rotatable bonds is 2. The van der Waals surface area contributed by atoms with E-state index in [-0.39, 0.29) is 17.2 Å². The molecular formula is C17H21NO3. The minimum Gasteiger partial charge on any atom is -0.427 e. The van der Waals surface area contributed by atoms with Crippen LogP contribution in [0.2, 0.25) is 0 Å². The molecule has 0 aromatic carbocycles. The zero-order valence-corrected chi connectivity index (χ0v) is 12.2. The molecule has 2 aliphatic rings. The summed E-state index contributed by atoms with van der Waals surface area (Å²) >= 11 is 0. The monoisotopic (exact) mass is 287 g/mol. The minimum absolute atomic E-state index is 0.0713. The van der Waals surface area contributed by atoms with E-state index < -0.39 is 5.63 Å². The Kier molecular flexibility index (Phi) is 3.70. The predicted molar refractivity (Wildman–Crippen MR) is 81.3 cm³/mol. The smallest absolute Gasteiger partial charge is 0.348 e. The van der Waals surface area contributed by atoms with Gasteiger partial charge in [-0.3, -0.25) is 4.79 Å². The highest BCUT2D eigenvalue weighted by Crippen LogP contribution is 2.47. The number of hydrogen-bond donors (Lipinski definition) is 1. The van der Waals surface area contributed by atoms with Crippen molar-refractivity contribution in [2.45, 2.75) is 38.5 Å². The fourth-order valence-electron chi connectivity index (χ4n) is 3.99. The van der Waals surface area contributed by atoms with Gasteiger partial charge in [0.2, 0.25) is 0 Å². The largest absolute Gasteiger partial charge is 0.427 e. The van der Waals surface area contributed by atoms with Gasteiger partial charge in [-0.15, -0.1) is 0 Å². The van der Waals surface area contributed by atoms with E-state index in [0.29, 0.717) is 29.8 Å². The number of allylic oxidation sites excluding steroid dienone is 2. The Labute approximate surface area is 124 Å². The number of carbonyl (C=O) groups excluding carboxylic acids is 1. The second-order valence-electron chi connectivity index (χ2n) is 6.31. The third kappa shape index (κ3) is 2.43. The van der Waals surface area contributed by atoms with Crippen molar-refractivity contribution in [2.75, 3.05) is 5.73 Å². The van der Waals surface area contributed by atoms with Gasteiger partial charge < -0.3 is 10.2 Å². The van der Waals surface area contributed by atoms with E-state index in [0.717, 1.165) is 6.42 Å². The number of anilines is 1. The van der Waals surface area contributed by atoms with Crippen molar-refractivity contribution in [2.24, 2.45) is 17.8 Å². The molecule has 0 amide bonds. The number of fused-ring (bicyclic) bond motifs is 1. The molecule has 1 heterocycles. The highest BCUT2D eigenvalue weighted by atomic mass is 16.4. The molecule has 2 aliphatic carbocycles. The Morgan fingerprint density at radius 3 is 2.76 bits per heavy atom. The maximum atomic E-state index is 11.9. The van der Waals surface area contributed by atoms with Crippen LogP contribution >= 0.6 is 0 Å². The van der Waals surface area contributed by atoms with E-state index in [2.05, 4.69) is 19.1 Å². The Morgan fingerprint density at radius 2 is 2.05 bits per heavy atom. The fourth-order valence-corrected chi connectivity index (χ4v) is 3.99. The van der Waals surface area contributed by atoms with Gasteiger partial charge >= 0.3 is 5.63 Å². The summed E-state index contributed by atoms with van der Waals surface area (Å²) in [7, 11) is 0. The van der Waals surface area contributed by atoms with Gasteiger partial charge in [-0.2, -0.15) is 0 Å². The lowest BCUT2D eigenvalue weighted by molar-refractivity contribution is 0.111. The highest BCUT2D eigenvalue weighted by Gasteiger charge is 2.38. The number of aldehydes is 1. The fraction of sp³-hybridized carbons (Fsp3) is 0.529. The van der Waals surface area contributed by atoms with Crippen molar-refractivity contribution in [3.8, 4) is 0 Å². The molecule has 0 radical (unpaired) electrons. The van der Waals surface area contributed by atoms with Crippen LogP contribution in [0.15, 0.2) is 27.4 Å². The van der Waals surface area contributed by atoms with Gasteiger partial charge in [0.05, 0.1) is 5.69 Å². The quantitative estimate of drug-likeness (QED) is 0.670. The molecule has 1 aromatic heterocycles. The first-order valence-electron chi connectivity index (χ1n) is 7.69. The van der Waals surface area contributed by atoms with Crippen LogP contribution in [0.5, 0.6) is 0 Å². The molecule has 3 rings (SSSR count). The Hall–Kier alpha value is -1.84. The Balaban J connectivity index is 2.04. The second-order valence-corrected chi connectivity index (χ2v) is 6.31. The summed E-state index contributed by atoms with van der Waals surface area (Å²) in [6.07, 6.45) is 9.87. The molecule has 4 heteroatoms. The molecule has 21 heavy (non-hydrogen) atoms. The lowest BCUT2D eigenvalue weighted by atomic mass is 9.64. The van der Waals surface area contributed by atoms with Crippen molar-refractivity contribution in [1.29, 1.82) is 0 Å². The number of hydrogen-bond acceptors (Lipinski definition) is 4. The molecule has 0 unspecified atom stereocenters. The van der Waals surface area contributed by atoms with Crippen molar-refractivity contribution >= 4 is 12.0 Å². The van der Waals surface area contributed by atoms with Crippen LogP contribution in [0.25, 0.3) is 0 Å². The SMILES string of the molecule is C[C@H]1C=C[C@@H]2CCCC[C@@H]2[C@@H]1c1cc(N)c(C=O)c(=O)o1. The van der Waals surface area contributed by atoms with E-state index in [9.17, 15) is 9.59 Å². The van der Waals surface area contributed by atoms with Crippen LogP contribution in [0.4, 0.5) is 5.69 Å². The Morgan fingerprint density at radius 1 is 1.29 bits per heavy atom. The molecule has 2 N–H and O–H groups in total. The summed E-state index contributed by atoms with van der Waals surface area (Å²) in [5, 5.41) is 0. The van der Waals surface area contributed by atoms with Crippen LogP contribution in [0.1, 0.15) is 54.6 Å². The highest BCUT2D eigenvalue weighted by molar-refractivity contribution is 5.82. The van der Waals surface area contributed by atoms with Gasteiger partial charge in [0.15, 0.2) is 6.29 Å². The van der Waals surface area contributed by atoms with E-state index in [4.69, 9.17) is 10.2 Å². The van der Waals surface area contributed by atoms with E-state index in [1.165, 1.54) is 19.3 Å². The van der Waals surface area contributed by atoms with Gasteiger partial charge in [0, 0.05) is 12.0 Å². The predicted octanol–water partition coefficient (Wildman–Crippen LogP) is 3.13. The molecular weight excluding hydrogens is 266 g/mol. The average molecular weight is 287 g/mol. The van der Waals surface area contributed by atoms with Crippen molar-refractivity contribution in [3.05, 3.63) is 40.0 Å². The van der Waals surface area contributed by atoms with Crippen LogP contribution < -0.4 is 11.4 Å². The van der Waals surface area contributed by atoms with Crippen molar-refractivity contribution in [3.63, 3.8) is 0 Å². The van der Waals surface area contributed by atoms with Crippen LogP contribution in [0, 0.1) is 17.8 Å². The third-order valence-corrected chi connectivity index (χ3v) is 5.05. The number of carbonyl (C=O) groups is 1. The van der Waals surface area contributed by atoms with Gasteiger partial charge in [-0.1, -0.05) is 31.9 Å².